The largest absolute Gasteiger partial charge is 0.323 e. The second-order valence-electron chi connectivity index (χ2n) is 6.61. The molecule has 0 saturated carbocycles. The van der Waals surface area contributed by atoms with Gasteiger partial charge in [0.05, 0.1) is 28.0 Å². The van der Waals surface area contributed by atoms with Gasteiger partial charge in [0.15, 0.2) is 5.16 Å². The predicted octanol–water partition coefficient (Wildman–Crippen LogP) is 5.30. The van der Waals surface area contributed by atoms with Crippen LogP contribution in [0.1, 0.15) is 0 Å². The zero-order valence-corrected chi connectivity index (χ0v) is 18.5. The Morgan fingerprint density at radius 3 is 2.56 bits per heavy atom. The van der Waals surface area contributed by atoms with Crippen LogP contribution in [0.2, 0.25) is 0 Å². The van der Waals surface area contributed by atoms with Crippen molar-refractivity contribution >= 4 is 50.2 Å². The number of fused-ring (bicyclic) bond motifs is 1. The molecule has 0 spiro atoms. The molecule has 0 aliphatic rings. The summed E-state index contributed by atoms with van der Waals surface area (Å²) in [6.45, 7) is 0. The molecule has 1 N–H and O–H groups in total. The standard InChI is InChI=1S/C22H13BrF3N3O2S/c23-12-5-7-18(15(25)9-12)27-20(30)11-32-22-28-17-4-2-1-3-14(17)21(31)29(22)19-8-6-13(24)10-16(19)26/h1-10H,11H2,(H,27,30). The quantitative estimate of drug-likeness (QED) is 0.287. The second-order valence-corrected chi connectivity index (χ2v) is 8.47. The highest BCUT2D eigenvalue weighted by atomic mass is 79.9. The minimum Gasteiger partial charge on any atom is -0.323 e. The highest BCUT2D eigenvalue weighted by Gasteiger charge is 2.18. The van der Waals surface area contributed by atoms with Crippen molar-refractivity contribution in [3.05, 3.63) is 92.9 Å². The highest BCUT2D eigenvalue weighted by molar-refractivity contribution is 9.10. The number of amides is 1. The van der Waals surface area contributed by atoms with E-state index in [-0.39, 0.29) is 27.7 Å². The first-order valence-corrected chi connectivity index (χ1v) is 11.0. The lowest BCUT2D eigenvalue weighted by Crippen LogP contribution is -2.24. The van der Waals surface area contributed by atoms with Crippen molar-refractivity contribution in [1.82, 2.24) is 9.55 Å². The molecule has 0 bridgehead atoms. The van der Waals surface area contributed by atoms with E-state index in [0.29, 0.717) is 16.1 Å². The van der Waals surface area contributed by atoms with Crippen molar-refractivity contribution in [2.24, 2.45) is 0 Å². The van der Waals surface area contributed by atoms with Gasteiger partial charge in [0.1, 0.15) is 17.5 Å². The number of carbonyl (C=O) groups is 1. The van der Waals surface area contributed by atoms with Crippen molar-refractivity contribution in [2.75, 3.05) is 11.1 Å². The zero-order chi connectivity index (χ0) is 22.8. The molecule has 0 aliphatic heterocycles. The fourth-order valence-electron chi connectivity index (χ4n) is 2.99. The summed E-state index contributed by atoms with van der Waals surface area (Å²) in [4.78, 5) is 29.9. The Labute approximate surface area is 192 Å². The summed E-state index contributed by atoms with van der Waals surface area (Å²) in [5.41, 5.74) is -0.412. The Morgan fingerprint density at radius 1 is 1.03 bits per heavy atom. The monoisotopic (exact) mass is 519 g/mol. The van der Waals surface area contributed by atoms with Gasteiger partial charge in [-0.1, -0.05) is 39.8 Å². The minimum absolute atomic E-state index is 0.00719. The van der Waals surface area contributed by atoms with Crippen LogP contribution in [-0.2, 0) is 4.79 Å². The summed E-state index contributed by atoms with van der Waals surface area (Å²) >= 11 is 4.01. The van der Waals surface area contributed by atoms with Gasteiger partial charge in [0.25, 0.3) is 5.56 Å². The van der Waals surface area contributed by atoms with Crippen LogP contribution in [0.5, 0.6) is 0 Å². The number of halogens is 4. The number of nitrogens with one attached hydrogen (secondary N) is 1. The van der Waals surface area contributed by atoms with Gasteiger partial charge in [0.2, 0.25) is 5.91 Å². The number of thioether (sulfide) groups is 1. The van der Waals surface area contributed by atoms with Gasteiger partial charge in [-0.3, -0.25) is 14.2 Å². The first kappa shape index (κ1) is 22.1. The van der Waals surface area contributed by atoms with Crippen molar-refractivity contribution in [2.45, 2.75) is 5.16 Å². The third-order valence-corrected chi connectivity index (χ3v) is 5.86. The number of hydrogen-bond acceptors (Lipinski definition) is 4. The Kier molecular flexibility index (Phi) is 6.33. The molecule has 1 amide bonds. The first-order chi connectivity index (χ1) is 15.3. The van der Waals surface area contributed by atoms with Gasteiger partial charge >= 0.3 is 0 Å². The average Bonchev–Trinajstić information content (AvgIpc) is 2.75. The molecule has 162 valence electrons. The molecule has 0 fully saturated rings. The van der Waals surface area contributed by atoms with Crippen LogP contribution >= 0.6 is 27.7 Å². The molecule has 3 aromatic carbocycles. The molecule has 5 nitrogen and oxygen atoms in total. The van der Waals surface area contributed by atoms with E-state index in [1.807, 2.05) is 0 Å². The zero-order valence-electron chi connectivity index (χ0n) is 16.1. The fraction of sp³-hybridized carbons (Fsp3) is 0.0455. The van der Waals surface area contributed by atoms with Crippen LogP contribution in [0.15, 0.2) is 75.1 Å². The van der Waals surface area contributed by atoms with E-state index < -0.39 is 28.9 Å². The summed E-state index contributed by atoms with van der Waals surface area (Å²) in [5.74, 6) is -3.15. The normalized spacial score (nSPS) is 11.0. The number of hydrogen-bond donors (Lipinski definition) is 1. The van der Waals surface area contributed by atoms with Crippen LogP contribution in [0.4, 0.5) is 18.9 Å². The van der Waals surface area contributed by atoms with E-state index in [1.165, 1.54) is 12.1 Å². The molecule has 32 heavy (non-hydrogen) atoms. The second kappa shape index (κ2) is 9.17. The number of benzene rings is 3. The van der Waals surface area contributed by atoms with Gasteiger partial charge in [-0.15, -0.1) is 0 Å². The lowest BCUT2D eigenvalue weighted by Gasteiger charge is -2.14. The lowest BCUT2D eigenvalue weighted by molar-refractivity contribution is -0.113. The van der Waals surface area contributed by atoms with Crippen LogP contribution in [0.25, 0.3) is 16.6 Å². The van der Waals surface area contributed by atoms with E-state index in [1.54, 1.807) is 30.3 Å². The molecule has 1 heterocycles. The average molecular weight is 520 g/mol. The molecule has 0 atom stereocenters. The van der Waals surface area contributed by atoms with E-state index in [9.17, 15) is 22.8 Å². The lowest BCUT2D eigenvalue weighted by atomic mass is 10.2. The number of carbonyl (C=O) groups excluding carboxylic acids is 1. The Hall–Kier alpha value is -3.11. The topological polar surface area (TPSA) is 64.0 Å². The van der Waals surface area contributed by atoms with Crippen molar-refractivity contribution in [3.63, 3.8) is 0 Å². The van der Waals surface area contributed by atoms with Crippen LogP contribution < -0.4 is 10.9 Å². The van der Waals surface area contributed by atoms with E-state index >= 15 is 0 Å². The van der Waals surface area contributed by atoms with Crippen molar-refractivity contribution in [3.8, 4) is 5.69 Å². The van der Waals surface area contributed by atoms with E-state index in [2.05, 4.69) is 26.2 Å². The molecular formula is C22H13BrF3N3O2S. The maximum Gasteiger partial charge on any atom is 0.266 e. The number of para-hydroxylation sites is 1. The van der Waals surface area contributed by atoms with Gasteiger partial charge in [0, 0.05) is 10.5 Å². The molecule has 4 aromatic rings. The van der Waals surface area contributed by atoms with E-state index in [0.717, 1.165) is 28.5 Å². The van der Waals surface area contributed by atoms with Crippen molar-refractivity contribution < 1.29 is 18.0 Å². The molecule has 0 saturated heterocycles. The van der Waals surface area contributed by atoms with Crippen molar-refractivity contribution in [1.29, 1.82) is 0 Å². The summed E-state index contributed by atoms with van der Waals surface area (Å²) in [5, 5.41) is 2.71. The summed E-state index contributed by atoms with van der Waals surface area (Å²) < 4.78 is 43.4. The molecule has 1 aromatic heterocycles. The molecule has 0 aliphatic carbocycles. The number of anilines is 1. The molecule has 0 radical (unpaired) electrons. The third kappa shape index (κ3) is 4.56. The molecule has 0 unspecified atom stereocenters. The molecular weight excluding hydrogens is 507 g/mol. The predicted molar refractivity (Wildman–Crippen MR) is 121 cm³/mol. The van der Waals surface area contributed by atoms with Gasteiger partial charge in [-0.2, -0.15) is 0 Å². The maximum absolute atomic E-state index is 14.5. The number of aromatic nitrogens is 2. The Bertz CT molecular complexity index is 1410. The van der Waals surface area contributed by atoms with Gasteiger partial charge in [-0.25, -0.2) is 18.2 Å². The molecule has 4 rings (SSSR count). The van der Waals surface area contributed by atoms with E-state index in [4.69, 9.17) is 0 Å². The van der Waals surface area contributed by atoms with Crippen LogP contribution in [0.3, 0.4) is 0 Å². The third-order valence-electron chi connectivity index (χ3n) is 4.43. The van der Waals surface area contributed by atoms with Crippen LogP contribution in [-0.4, -0.2) is 21.2 Å². The SMILES string of the molecule is O=C(CSc1nc2ccccc2c(=O)n1-c1ccc(F)cc1F)Nc1ccc(Br)cc1F. The van der Waals surface area contributed by atoms with Gasteiger partial charge in [-0.05, 0) is 42.5 Å². The highest BCUT2D eigenvalue weighted by Crippen LogP contribution is 2.24. The summed E-state index contributed by atoms with van der Waals surface area (Å²) in [7, 11) is 0. The Morgan fingerprint density at radius 2 is 1.81 bits per heavy atom. The Balaban J connectivity index is 1.69. The molecule has 10 heteroatoms. The van der Waals surface area contributed by atoms with Gasteiger partial charge < -0.3 is 5.32 Å². The minimum atomic E-state index is -0.951. The first-order valence-electron chi connectivity index (χ1n) is 9.18. The number of rotatable bonds is 5. The summed E-state index contributed by atoms with van der Waals surface area (Å²) in [6.07, 6.45) is 0. The number of nitrogens with zero attached hydrogens (tertiary/aromatic N) is 2. The maximum atomic E-state index is 14.5. The fourth-order valence-corrected chi connectivity index (χ4v) is 4.13. The summed E-state index contributed by atoms with van der Waals surface area (Å²) in [6, 6.07) is 13.5. The van der Waals surface area contributed by atoms with Crippen LogP contribution in [0, 0.1) is 17.5 Å². The smallest absolute Gasteiger partial charge is 0.266 e.